The molecule has 3 aromatic carbocycles. The van der Waals surface area contributed by atoms with Crippen LogP contribution in [0.15, 0.2) is 84.9 Å². The molecule has 34 heavy (non-hydrogen) atoms. The minimum absolute atomic E-state index is 0.00566. The number of rotatable bonds is 9. The first-order valence-corrected chi connectivity index (χ1v) is 12.0. The highest BCUT2D eigenvalue weighted by molar-refractivity contribution is 6.00. The van der Waals surface area contributed by atoms with Crippen LogP contribution >= 0.6 is 0 Å². The first kappa shape index (κ1) is 22.0. The van der Waals surface area contributed by atoms with Crippen molar-refractivity contribution in [2.75, 3.05) is 13.2 Å². The molecule has 1 atom stereocenters. The Morgan fingerprint density at radius 1 is 0.941 bits per heavy atom. The van der Waals surface area contributed by atoms with Crippen LogP contribution in [0.2, 0.25) is 0 Å². The molecule has 1 aliphatic heterocycles. The lowest BCUT2D eigenvalue weighted by molar-refractivity contribution is 0.0746. The maximum absolute atomic E-state index is 13.5. The quantitative estimate of drug-likeness (QED) is 0.316. The molecule has 5 nitrogen and oxygen atoms in total. The third-order valence-electron chi connectivity index (χ3n) is 6.36. The fourth-order valence-corrected chi connectivity index (χ4v) is 4.56. The number of aromatic nitrogens is 2. The predicted octanol–water partition coefficient (Wildman–Crippen LogP) is 6.04. The van der Waals surface area contributed by atoms with E-state index in [2.05, 4.69) is 41.4 Å². The van der Waals surface area contributed by atoms with E-state index in [9.17, 15) is 4.79 Å². The van der Waals surface area contributed by atoms with Gasteiger partial charge < -0.3 is 9.64 Å². The molecule has 4 aromatic rings. The number of carbonyl (C=O) groups excluding carboxylic acids is 1. The Morgan fingerprint density at radius 3 is 2.35 bits per heavy atom. The average molecular weight is 452 g/mol. The third kappa shape index (κ3) is 4.34. The molecule has 0 fully saturated rings. The smallest absolute Gasteiger partial charge is 0.273 e. The first-order valence-electron chi connectivity index (χ1n) is 12.0. The highest BCUT2D eigenvalue weighted by atomic mass is 16.5. The van der Waals surface area contributed by atoms with E-state index >= 15 is 0 Å². The molecule has 1 amide bonds. The molecule has 0 saturated carbocycles. The Bertz CT molecular complexity index is 1230. The van der Waals surface area contributed by atoms with Crippen molar-refractivity contribution >= 4 is 5.91 Å². The van der Waals surface area contributed by atoms with Crippen molar-refractivity contribution in [3.8, 4) is 17.0 Å². The fraction of sp³-hybridized carbons (Fsp3) is 0.241. The van der Waals surface area contributed by atoms with Crippen molar-refractivity contribution in [2.24, 2.45) is 0 Å². The summed E-state index contributed by atoms with van der Waals surface area (Å²) in [5, 5.41) is 7.60. The van der Waals surface area contributed by atoms with Crippen molar-refractivity contribution in [3.05, 3.63) is 107 Å². The maximum atomic E-state index is 13.5. The van der Waals surface area contributed by atoms with Gasteiger partial charge in [-0.25, -0.2) is 0 Å². The summed E-state index contributed by atoms with van der Waals surface area (Å²) in [6, 6.07) is 28.3. The summed E-state index contributed by atoms with van der Waals surface area (Å²) < 4.78 is 5.87. The van der Waals surface area contributed by atoms with E-state index in [0.717, 1.165) is 47.4 Å². The van der Waals surface area contributed by atoms with E-state index in [1.54, 1.807) is 0 Å². The number of aromatic amines is 1. The van der Waals surface area contributed by atoms with Crippen LogP contribution in [0.3, 0.4) is 0 Å². The highest BCUT2D eigenvalue weighted by Crippen LogP contribution is 2.43. The second kappa shape index (κ2) is 9.96. The lowest BCUT2D eigenvalue weighted by Crippen LogP contribution is -2.31. The number of ether oxygens (including phenoxy) is 1. The molecule has 0 radical (unpaired) electrons. The summed E-state index contributed by atoms with van der Waals surface area (Å²) in [6.45, 7) is 3.49. The number of nitrogens with zero attached hydrogens (tertiary/aromatic N) is 2. The summed E-state index contributed by atoms with van der Waals surface area (Å²) >= 11 is 0. The van der Waals surface area contributed by atoms with Gasteiger partial charge in [0.2, 0.25) is 0 Å². The zero-order chi connectivity index (χ0) is 23.3. The fourth-order valence-electron chi connectivity index (χ4n) is 4.56. The Balaban J connectivity index is 1.50. The Kier molecular flexibility index (Phi) is 6.43. The summed E-state index contributed by atoms with van der Waals surface area (Å²) in [6.07, 6.45) is 2.93. The third-order valence-corrected chi connectivity index (χ3v) is 6.36. The van der Waals surface area contributed by atoms with E-state index in [-0.39, 0.29) is 11.9 Å². The molecule has 0 aliphatic carbocycles. The van der Waals surface area contributed by atoms with E-state index in [1.165, 1.54) is 5.56 Å². The molecule has 1 aromatic heterocycles. The number of nitrogens with one attached hydrogen (secondary N) is 1. The molecule has 172 valence electrons. The van der Waals surface area contributed by atoms with Gasteiger partial charge >= 0.3 is 0 Å². The molecule has 2 heterocycles. The van der Waals surface area contributed by atoms with Crippen LogP contribution in [0.25, 0.3) is 11.3 Å². The topological polar surface area (TPSA) is 58.2 Å². The van der Waals surface area contributed by atoms with Crippen molar-refractivity contribution < 1.29 is 9.53 Å². The molecule has 5 heteroatoms. The van der Waals surface area contributed by atoms with Crippen molar-refractivity contribution in [1.82, 2.24) is 15.1 Å². The molecule has 5 rings (SSSR count). The second-order valence-electron chi connectivity index (χ2n) is 8.63. The van der Waals surface area contributed by atoms with Gasteiger partial charge in [-0.1, -0.05) is 86.1 Å². The molecule has 0 saturated heterocycles. The van der Waals surface area contributed by atoms with Gasteiger partial charge in [0, 0.05) is 17.7 Å². The summed E-state index contributed by atoms with van der Waals surface area (Å²) in [4.78, 5) is 15.5. The molecular formula is C29H29N3O2. The van der Waals surface area contributed by atoms with Crippen LogP contribution in [0.1, 0.15) is 53.0 Å². The van der Waals surface area contributed by atoms with Crippen LogP contribution < -0.4 is 4.74 Å². The predicted molar refractivity (Wildman–Crippen MR) is 134 cm³/mol. The Labute approximate surface area is 200 Å². The zero-order valence-corrected chi connectivity index (χ0v) is 19.4. The number of hydrogen-bond donors (Lipinski definition) is 1. The number of carbonyl (C=O) groups is 1. The normalized spacial score (nSPS) is 14.9. The maximum Gasteiger partial charge on any atom is 0.273 e. The van der Waals surface area contributed by atoms with Crippen LogP contribution in [0, 0.1) is 0 Å². The average Bonchev–Trinajstić information content (AvgIpc) is 3.43. The number of benzene rings is 3. The van der Waals surface area contributed by atoms with Gasteiger partial charge in [-0.15, -0.1) is 0 Å². The van der Waals surface area contributed by atoms with E-state index in [0.29, 0.717) is 18.8 Å². The lowest BCUT2D eigenvalue weighted by Gasteiger charge is -2.26. The monoisotopic (exact) mass is 451 g/mol. The van der Waals surface area contributed by atoms with Crippen LogP contribution in [0.5, 0.6) is 5.75 Å². The van der Waals surface area contributed by atoms with E-state index < -0.39 is 0 Å². The number of unbranched alkanes of at least 4 members (excludes halogenated alkanes) is 1. The minimum atomic E-state index is -0.204. The van der Waals surface area contributed by atoms with Gasteiger partial charge in [-0.2, -0.15) is 5.10 Å². The number of hydrogen-bond acceptors (Lipinski definition) is 3. The van der Waals surface area contributed by atoms with Crippen LogP contribution in [-0.4, -0.2) is 34.2 Å². The highest BCUT2D eigenvalue weighted by Gasteiger charge is 2.41. The molecule has 0 bridgehead atoms. The largest absolute Gasteiger partial charge is 0.494 e. The van der Waals surface area contributed by atoms with Gasteiger partial charge in [0.1, 0.15) is 11.4 Å². The van der Waals surface area contributed by atoms with Gasteiger partial charge in [-0.05, 0) is 36.1 Å². The first-order chi connectivity index (χ1) is 16.8. The molecule has 1 unspecified atom stereocenters. The van der Waals surface area contributed by atoms with E-state index in [1.807, 2.05) is 65.6 Å². The Morgan fingerprint density at radius 2 is 1.65 bits per heavy atom. The van der Waals surface area contributed by atoms with E-state index in [4.69, 9.17) is 4.74 Å². The molecule has 1 aliphatic rings. The van der Waals surface area contributed by atoms with Gasteiger partial charge in [0.15, 0.2) is 0 Å². The summed E-state index contributed by atoms with van der Waals surface area (Å²) in [7, 11) is 0. The minimum Gasteiger partial charge on any atom is -0.494 e. The summed E-state index contributed by atoms with van der Waals surface area (Å²) in [5.74, 6) is 0.849. The van der Waals surface area contributed by atoms with Gasteiger partial charge in [-0.3, -0.25) is 9.89 Å². The van der Waals surface area contributed by atoms with Crippen LogP contribution in [-0.2, 0) is 6.42 Å². The van der Waals surface area contributed by atoms with Crippen molar-refractivity contribution in [1.29, 1.82) is 0 Å². The molecule has 0 spiro atoms. The van der Waals surface area contributed by atoms with Crippen molar-refractivity contribution in [3.63, 3.8) is 0 Å². The molecule has 1 N–H and O–H groups in total. The Hall–Kier alpha value is -3.86. The van der Waals surface area contributed by atoms with Crippen LogP contribution in [0.4, 0.5) is 0 Å². The lowest BCUT2D eigenvalue weighted by atomic mass is 9.96. The number of fused-ring (bicyclic) bond motifs is 1. The van der Waals surface area contributed by atoms with Gasteiger partial charge in [0.05, 0.1) is 18.3 Å². The standard InChI is InChI=1S/C29H29N3O2/c1-2-3-20-34-24-16-14-23(15-17-24)28-25-26(22-12-8-5-9-13-22)30-31-27(25)29(33)32(28)19-18-21-10-6-4-7-11-21/h4-17,28H,2-3,18-20H2,1H3,(H,30,31). The summed E-state index contributed by atoms with van der Waals surface area (Å²) in [5.41, 5.74) is 5.64. The molecular weight excluding hydrogens is 422 g/mol. The van der Waals surface area contributed by atoms with Gasteiger partial charge in [0.25, 0.3) is 5.91 Å². The van der Waals surface area contributed by atoms with Crippen molar-refractivity contribution in [2.45, 2.75) is 32.2 Å². The SMILES string of the molecule is CCCCOc1ccc(C2c3c(-c4ccccc4)n[nH]c3C(=O)N2CCc2ccccc2)cc1. The zero-order valence-electron chi connectivity index (χ0n) is 19.4. The number of amides is 1. The number of H-pyrrole nitrogens is 1. The second-order valence-corrected chi connectivity index (χ2v) is 8.63.